The molecule has 1 amide bonds. The van der Waals surface area contributed by atoms with Crippen LogP contribution in [0.1, 0.15) is 194 Å². The highest BCUT2D eigenvalue weighted by Gasteiger charge is 2.12. The highest BCUT2D eigenvalue weighted by Crippen LogP contribution is 2.16. The number of allylic oxidation sites excluding steroid dienone is 9. The first kappa shape index (κ1) is 48.1. The van der Waals surface area contributed by atoms with Crippen molar-refractivity contribution in [3.05, 3.63) is 60.8 Å². The van der Waals surface area contributed by atoms with Crippen molar-refractivity contribution in [1.29, 1.82) is 0 Å². The minimum Gasteiger partial charge on any atom is -0.480 e. The monoisotopic (exact) mass is 712 g/mol. The maximum Gasteiger partial charge on any atom is 0.322 e. The summed E-state index contributed by atoms with van der Waals surface area (Å²) >= 11 is 0. The fourth-order valence-electron chi connectivity index (χ4n) is 5.83. The maximum absolute atomic E-state index is 12.6. The molecule has 0 aliphatic rings. The number of nitrogens with one attached hydrogen (secondary N) is 1. The molecule has 0 aromatic heterocycles. The molecule has 0 heterocycles. The molecule has 51 heavy (non-hydrogen) atoms. The van der Waals surface area contributed by atoms with Crippen molar-refractivity contribution in [3.63, 3.8) is 0 Å². The van der Waals surface area contributed by atoms with E-state index in [9.17, 15) is 14.4 Å². The molecular weight excluding hydrogens is 634 g/mol. The minimum absolute atomic E-state index is 0.0898. The summed E-state index contributed by atoms with van der Waals surface area (Å²) in [4.78, 5) is 34.9. The molecule has 6 heteroatoms. The SMILES string of the molecule is CC/C=C\C/C=C\C/C=C\C/C=C\CCCCCCCCCCCCC(=O)OC(/C=C\CCCCCCC)CCCCCCC(=O)NCC(=O)O. The van der Waals surface area contributed by atoms with Crippen molar-refractivity contribution in [3.8, 4) is 0 Å². The molecule has 0 aromatic rings. The Morgan fingerprint density at radius 1 is 0.549 bits per heavy atom. The van der Waals surface area contributed by atoms with Gasteiger partial charge in [0.2, 0.25) is 5.91 Å². The quantitative estimate of drug-likeness (QED) is 0.0380. The zero-order valence-corrected chi connectivity index (χ0v) is 32.9. The third-order valence-corrected chi connectivity index (χ3v) is 8.91. The largest absolute Gasteiger partial charge is 0.480 e. The van der Waals surface area contributed by atoms with Crippen molar-refractivity contribution in [2.24, 2.45) is 0 Å². The second-order valence-electron chi connectivity index (χ2n) is 13.9. The number of rotatable bonds is 37. The smallest absolute Gasteiger partial charge is 0.322 e. The maximum atomic E-state index is 12.6. The van der Waals surface area contributed by atoms with Gasteiger partial charge in [-0.1, -0.05) is 158 Å². The summed E-state index contributed by atoms with van der Waals surface area (Å²) in [6.45, 7) is 4.06. The molecule has 1 atom stereocenters. The Kier molecular flexibility index (Phi) is 37.6. The first-order valence-corrected chi connectivity index (χ1v) is 20.9. The Hall–Kier alpha value is -2.89. The number of esters is 1. The summed E-state index contributed by atoms with van der Waals surface area (Å²) in [6.07, 6.45) is 52.3. The molecule has 0 saturated heterocycles. The van der Waals surface area contributed by atoms with Crippen LogP contribution in [0.4, 0.5) is 0 Å². The number of carbonyl (C=O) groups excluding carboxylic acids is 2. The second-order valence-corrected chi connectivity index (χ2v) is 13.9. The van der Waals surface area contributed by atoms with Crippen LogP contribution in [-0.2, 0) is 19.1 Å². The number of hydrogen-bond acceptors (Lipinski definition) is 4. The summed E-state index contributed by atoms with van der Waals surface area (Å²) in [7, 11) is 0. The number of ether oxygens (including phenoxy) is 1. The molecule has 0 saturated carbocycles. The summed E-state index contributed by atoms with van der Waals surface area (Å²) < 4.78 is 5.89. The molecule has 0 spiro atoms. The van der Waals surface area contributed by atoms with Crippen molar-refractivity contribution in [2.45, 2.75) is 200 Å². The van der Waals surface area contributed by atoms with Crippen LogP contribution in [0.15, 0.2) is 60.8 Å². The van der Waals surface area contributed by atoms with Gasteiger partial charge in [-0.25, -0.2) is 0 Å². The summed E-state index contributed by atoms with van der Waals surface area (Å²) in [5.41, 5.74) is 0. The van der Waals surface area contributed by atoms with Gasteiger partial charge in [0.1, 0.15) is 12.6 Å². The zero-order chi connectivity index (χ0) is 37.3. The van der Waals surface area contributed by atoms with E-state index in [1.807, 2.05) is 0 Å². The lowest BCUT2D eigenvalue weighted by atomic mass is 10.0. The first-order valence-electron chi connectivity index (χ1n) is 20.9. The minimum atomic E-state index is -1.03. The standard InChI is InChI=1S/C45H77NO5/c1-3-5-7-9-11-12-13-14-15-16-17-18-19-20-21-22-23-24-25-26-28-30-36-40-45(50)51-42(37-33-29-27-10-8-6-4-2)38-34-31-32-35-39-43(47)46-41-44(48)49/h5,7,11-12,14-15,17-18,33,37,42H,3-4,6,8-10,13,16,19-32,34-36,38-41H2,1-2H3,(H,46,47)(H,48,49)/b7-5-,12-11-,15-14-,18-17-,37-33-. The number of carboxylic acids is 1. The lowest BCUT2D eigenvalue weighted by Gasteiger charge is -2.15. The Morgan fingerprint density at radius 2 is 1.02 bits per heavy atom. The van der Waals surface area contributed by atoms with Gasteiger partial charge in [-0.15, -0.1) is 0 Å². The molecule has 292 valence electrons. The zero-order valence-electron chi connectivity index (χ0n) is 32.9. The van der Waals surface area contributed by atoms with Crippen molar-refractivity contribution in [2.75, 3.05) is 6.54 Å². The topological polar surface area (TPSA) is 92.7 Å². The number of aliphatic carboxylic acids is 1. The summed E-state index contributed by atoms with van der Waals surface area (Å²) in [5.74, 6) is -1.34. The van der Waals surface area contributed by atoms with Crippen LogP contribution in [0.3, 0.4) is 0 Å². The first-order chi connectivity index (χ1) is 25.0. The van der Waals surface area contributed by atoms with E-state index in [2.05, 4.69) is 79.9 Å². The van der Waals surface area contributed by atoms with E-state index >= 15 is 0 Å². The molecule has 0 aromatic carbocycles. The third kappa shape index (κ3) is 39.7. The Labute approximate surface area is 313 Å². The Balaban J connectivity index is 3.96. The van der Waals surface area contributed by atoms with Crippen LogP contribution in [0.25, 0.3) is 0 Å². The molecule has 2 N–H and O–H groups in total. The molecule has 0 bridgehead atoms. The average Bonchev–Trinajstić information content (AvgIpc) is 3.11. The van der Waals surface area contributed by atoms with Gasteiger partial charge in [-0.05, 0) is 83.1 Å². The van der Waals surface area contributed by atoms with Gasteiger partial charge in [0.05, 0.1) is 0 Å². The predicted octanol–water partition coefficient (Wildman–Crippen LogP) is 12.8. The van der Waals surface area contributed by atoms with Gasteiger partial charge in [0.25, 0.3) is 0 Å². The molecule has 0 radical (unpaired) electrons. The summed E-state index contributed by atoms with van der Waals surface area (Å²) in [6, 6.07) is 0. The van der Waals surface area contributed by atoms with Gasteiger partial charge in [-0.3, -0.25) is 14.4 Å². The van der Waals surface area contributed by atoms with Crippen LogP contribution in [-0.4, -0.2) is 35.6 Å². The van der Waals surface area contributed by atoms with E-state index in [1.54, 1.807) is 0 Å². The van der Waals surface area contributed by atoms with Crippen LogP contribution in [0.2, 0.25) is 0 Å². The number of carbonyl (C=O) groups is 3. The highest BCUT2D eigenvalue weighted by atomic mass is 16.5. The molecule has 0 fully saturated rings. The van der Waals surface area contributed by atoms with E-state index in [-0.39, 0.29) is 24.5 Å². The van der Waals surface area contributed by atoms with Crippen molar-refractivity contribution >= 4 is 17.8 Å². The summed E-state index contributed by atoms with van der Waals surface area (Å²) in [5, 5.41) is 11.1. The average molecular weight is 712 g/mol. The lowest BCUT2D eigenvalue weighted by molar-refractivity contribution is -0.147. The van der Waals surface area contributed by atoms with E-state index < -0.39 is 5.97 Å². The van der Waals surface area contributed by atoms with Crippen LogP contribution < -0.4 is 5.32 Å². The Bertz CT molecular complexity index is 964. The Morgan fingerprint density at radius 3 is 1.59 bits per heavy atom. The lowest BCUT2D eigenvalue weighted by Crippen LogP contribution is -2.28. The molecule has 6 nitrogen and oxygen atoms in total. The number of amides is 1. The number of unbranched alkanes of at least 4 members (excludes halogenated alkanes) is 18. The fraction of sp³-hybridized carbons (Fsp3) is 0.711. The van der Waals surface area contributed by atoms with E-state index in [1.165, 1.54) is 89.9 Å². The van der Waals surface area contributed by atoms with Crippen molar-refractivity contribution < 1.29 is 24.2 Å². The molecular formula is C45H77NO5. The van der Waals surface area contributed by atoms with E-state index in [4.69, 9.17) is 9.84 Å². The van der Waals surface area contributed by atoms with Gasteiger partial charge in [-0.2, -0.15) is 0 Å². The second kappa shape index (κ2) is 39.9. The van der Waals surface area contributed by atoms with Gasteiger partial charge in [0, 0.05) is 12.8 Å². The van der Waals surface area contributed by atoms with Crippen LogP contribution in [0.5, 0.6) is 0 Å². The van der Waals surface area contributed by atoms with E-state index in [0.29, 0.717) is 12.8 Å². The normalized spacial score (nSPS) is 12.7. The highest BCUT2D eigenvalue weighted by molar-refractivity contribution is 5.80. The molecule has 0 aliphatic heterocycles. The fourth-order valence-corrected chi connectivity index (χ4v) is 5.83. The van der Waals surface area contributed by atoms with E-state index in [0.717, 1.165) is 77.0 Å². The van der Waals surface area contributed by atoms with Crippen LogP contribution in [0, 0.1) is 0 Å². The predicted molar refractivity (Wildman–Crippen MR) is 217 cm³/mol. The van der Waals surface area contributed by atoms with Crippen molar-refractivity contribution in [1.82, 2.24) is 5.32 Å². The molecule has 1 unspecified atom stereocenters. The molecule has 0 aliphatic carbocycles. The van der Waals surface area contributed by atoms with Crippen LogP contribution >= 0.6 is 0 Å². The van der Waals surface area contributed by atoms with Gasteiger partial charge < -0.3 is 15.2 Å². The third-order valence-electron chi connectivity index (χ3n) is 8.91. The van der Waals surface area contributed by atoms with Gasteiger partial charge >= 0.3 is 11.9 Å². The molecule has 0 rings (SSSR count). The number of carboxylic acid groups (broad SMARTS) is 1. The number of hydrogen-bond donors (Lipinski definition) is 2. The van der Waals surface area contributed by atoms with Gasteiger partial charge in [0.15, 0.2) is 0 Å².